The van der Waals surface area contributed by atoms with Crippen molar-refractivity contribution in [2.24, 2.45) is 5.92 Å². The second kappa shape index (κ2) is 5.13. The number of rotatable bonds is 2. The molecule has 0 amide bonds. The van der Waals surface area contributed by atoms with Gasteiger partial charge in [0.2, 0.25) is 5.82 Å². The SMILES string of the molecule is CC(C)CC#Cc1ncc(C=O)cn1. The Morgan fingerprint density at radius 3 is 2.57 bits per heavy atom. The Morgan fingerprint density at radius 2 is 2.07 bits per heavy atom. The van der Waals surface area contributed by atoms with Crippen LogP contribution < -0.4 is 0 Å². The van der Waals surface area contributed by atoms with Crippen molar-refractivity contribution >= 4 is 6.29 Å². The topological polar surface area (TPSA) is 42.9 Å². The molecule has 1 aromatic rings. The molecule has 0 fully saturated rings. The summed E-state index contributed by atoms with van der Waals surface area (Å²) < 4.78 is 0. The zero-order valence-corrected chi connectivity index (χ0v) is 8.32. The van der Waals surface area contributed by atoms with Gasteiger partial charge in [-0.15, -0.1) is 0 Å². The summed E-state index contributed by atoms with van der Waals surface area (Å²) >= 11 is 0. The van der Waals surface area contributed by atoms with Crippen LogP contribution in [-0.4, -0.2) is 16.3 Å². The lowest BCUT2D eigenvalue weighted by atomic mass is 10.1. The van der Waals surface area contributed by atoms with Crippen LogP contribution in [0.3, 0.4) is 0 Å². The Balaban J connectivity index is 2.66. The van der Waals surface area contributed by atoms with Crippen molar-refractivity contribution in [2.45, 2.75) is 20.3 Å². The molecule has 3 heteroatoms. The van der Waals surface area contributed by atoms with E-state index in [0.29, 0.717) is 23.6 Å². The molecule has 0 aliphatic heterocycles. The van der Waals surface area contributed by atoms with Crippen LogP contribution in [0.5, 0.6) is 0 Å². The van der Waals surface area contributed by atoms with E-state index >= 15 is 0 Å². The fourth-order valence-electron chi connectivity index (χ4n) is 0.798. The molecule has 14 heavy (non-hydrogen) atoms. The fraction of sp³-hybridized carbons (Fsp3) is 0.364. The summed E-state index contributed by atoms with van der Waals surface area (Å²) in [6, 6.07) is 0. The predicted octanol–water partition coefficient (Wildman–Crippen LogP) is 1.69. The lowest BCUT2D eigenvalue weighted by Gasteiger charge is -1.93. The number of hydrogen-bond donors (Lipinski definition) is 0. The maximum atomic E-state index is 10.3. The Labute approximate surface area is 83.6 Å². The van der Waals surface area contributed by atoms with Crippen molar-refractivity contribution in [1.82, 2.24) is 9.97 Å². The molecule has 72 valence electrons. The Morgan fingerprint density at radius 1 is 1.43 bits per heavy atom. The molecule has 1 aromatic heterocycles. The van der Waals surface area contributed by atoms with E-state index in [-0.39, 0.29) is 0 Å². The molecule has 0 bridgehead atoms. The van der Waals surface area contributed by atoms with E-state index in [2.05, 4.69) is 35.7 Å². The molecule has 3 nitrogen and oxygen atoms in total. The van der Waals surface area contributed by atoms with Crippen LogP contribution in [0.4, 0.5) is 0 Å². The molecular formula is C11H12N2O. The third kappa shape index (κ3) is 3.36. The third-order valence-electron chi connectivity index (χ3n) is 1.52. The van der Waals surface area contributed by atoms with E-state index in [9.17, 15) is 4.79 Å². The van der Waals surface area contributed by atoms with E-state index in [4.69, 9.17) is 0 Å². The Kier molecular flexibility index (Phi) is 3.81. The van der Waals surface area contributed by atoms with Crippen molar-refractivity contribution in [3.63, 3.8) is 0 Å². The molecule has 1 rings (SSSR count). The first-order valence-electron chi connectivity index (χ1n) is 4.48. The lowest BCUT2D eigenvalue weighted by Crippen LogP contribution is -1.91. The number of carbonyl (C=O) groups excluding carboxylic acids is 1. The average molecular weight is 188 g/mol. The van der Waals surface area contributed by atoms with E-state index in [1.54, 1.807) is 0 Å². The van der Waals surface area contributed by atoms with Crippen LogP contribution in [0.25, 0.3) is 0 Å². The number of nitrogens with zero attached hydrogens (tertiary/aromatic N) is 2. The zero-order chi connectivity index (χ0) is 10.4. The summed E-state index contributed by atoms with van der Waals surface area (Å²) in [6.07, 6.45) is 4.49. The second-order valence-corrected chi connectivity index (χ2v) is 3.36. The van der Waals surface area contributed by atoms with Crippen LogP contribution in [0.15, 0.2) is 12.4 Å². The molecular weight excluding hydrogens is 176 g/mol. The monoisotopic (exact) mass is 188 g/mol. The van der Waals surface area contributed by atoms with Crippen LogP contribution in [0.1, 0.15) is 36.5 Å². The average Bonchev–Trinajstić information content (AvgIpc) is 2.18. The number of aldehydes is 1. The molecule has 0 aliphatic carbocycles. The number of aromatic nitrogens is 2. The molecule has 0 saturated heterocycles. The summed E-state index contributed by atoms with van der Waals surface area (Å²) in [4.78, 5) is 18.2. The highest BCUT2D eigenvalue weighted by Gasteiger charge is 1.92. The first kappa shape index (κ1) is 10.4. The summed E-state index contributed by atoms with van der Waals surface area (Å²) in [6.45, 7) is 4.20. The van der Waals surface area contributed by atoms with Gasteiger partial charge in [-0.25, -0.2) is 9.97 Å². The molecule has 0 spiro atoms. The van der Waals surface area contributed by atoms with Gasteiger partial charge in [0.15, 0.2) is 6.29 Å². The van der Waals surface area contributed by atoms with Crippen molar-refractivity contribution in [3.05, 3.63) is 23.8 Å². The van der Waals surface area contributed by atoms with Gasteiger partial charge in [-0.2, -0.15) is 0 Å². The molecule has 0 saturated carbocycles. The molecule has 0 aromatic carbocycles. The van der Waals surface area contributed by atoms with Crippen molar-refractivity contribution in [1.29, 1.82) is 0 Å². The summed E-state index contributed by atoms with van der Waals surface area (Å²) in [5.41, 5.74) is 0.472. The lowest BCUT2D eigenvalue weighted by molar-refractivity contribution is 0.112. The van der Waals surface area contributed by atoms with Gasteiger partial charge >= 0.3 is 0 Å². The maximum Gasteiger partial charge on any atom is 0.204 e. The summed E-state index contributed by atoms with van der Waals surface area (Å²) in [5, 5.41) is 0. The quantitative estimate of drug-likeness (QED) is 0.524. The normalized spacial score (nSPS) is 9.36. The zero-order valence-electron chi connectivity index (χ0n) is 8.32. The van der Waals surface area contributed by atoms with Crippen LogP contribution in [-0.2, 0) is 0 Å². The van der Waals surface area contributed by atoms with Gasteiger partial charge in [-0.1, -0.05) is 19.8 Å². The highest BCUT2D eigenvalue weighted by atomic mass is 16.1. The Hall–Kier alpha value is -1.69. The van der Waals surface area contributed by atoms with E-state index in [1.165, 1.54) is 12.4 Å². The Bertz CT molecular complexity index is 357. The largest absolute Gasteiger partial charge is 0.298 e. The third-order valence-corrected chi connectivity index (χ3v) is 1.52. The number of carbonyl (C=O) groups is 1. The summed E-state index contributed by atoms with van der Waals surface area (Å²) in [5.74, 6) is 6.84. The predicted molar refractivity (Wildman–Crippen MR) is 53.8 cm³/mol. The van der Waals surface area contributed by atoms with Crippen LogP contribution in [0, 0.1) is 17.8 Å². The van der Waals surface area contributed by atoms with Gasteiger partial charge in [0.1, 0.15) is 0 Å². The van der Waals surface area contributed by atoms with Gasteiger partial charge in [0.05, 0.1) is 5.56 Å². The van der Waals surface area contributed by atoms with Gasteiger partial charge in [-0.05, 0) is 11.8 Å². The fourth-order valence-corrected chi connectivity index (χ4v) is 0.798. The maximum absolute atomic E-state index is 10.3. The standard InChI is InChI=1S/C11H12N2O/c1-9(2)4-3-5-11-12-6-10(8-14)7-13-11/h6-9H,4H2,1-2H3. The van der Waals surface area contributed by atoms with E-state index < -0.39 is 0 Å². The minimum Gasteiger partial charge on any atom is -0.298 e. The highest BCUT2D eigenvalue weighted by Crippen LogP contribution is 1.96. The molecule has 0 atom stereocenters. The van der Waals surface area contributed by atoms with E-state index in [0.717, 1.165) is 6.42 Å². The van der Waals surface area contributed by atoms with Gasteiger partial charge < -0.3 is 0 Å². The first-order valence-corrected chi connectivity index (χ1v) is 4.48. The molecule has 0 unspecified atom stereocenters. The number of hydrogen-bond acceptors (Lipinski definition) is 3. The molecule has 1 heterocycles. The van der Waals surface area contributed by atoms with E-state index in [1.807, 2.05) is 0 Å². The highest BCUT2D eigenvalue weighted by molar-refractivity contribution is 5.73. The first-order chi connectivity index (χ1) is 6.72. The smallest absolute Gasteiger partial charge is 0.204 e. The molecule has 0 N–H and O–H groups in total. The van der Waals surface area contributed by atoms with Gasteiger partial charge in [-0.3, -0.25) is 4.79 Å². The van der Waals surface area contributed by atoms with Gasteiger partial charge in [0.25, 0.3) is 0 Å². The molecule has 0 aliphatic rings. The van der Waals surface area contributed by atoms with Crippen LogP contribution in [0.2, 0.25) is 0 Å². The second-order valence-electron chi connectivity index (χ2n) is 3.36. The van der Waals surface area contributed by atoms with Crippen molar-refractivity contribution in [3.8, 4) is 11.8 Å². The van der Waals surface area contributed by atoms with Gasteiger partial charge in [0, 0.05) is 18.8 Å². The minimum atomic E-state index is 0.469. The minimum absolute atomic E-state index is 0.469. The summed E-state index contributed by atoms with van der Waals surface area (Å²) in [7, 11) is 0. The van der Waals surface area contributed by atoms with Crippen molar-refractivity contribution < 1.29 is 4.79 Å². The van der Waals surface area contributed by atoms with Crippen molar-refractivity contribution in [2.75, 3.05) is 0 Å². The van der Waals surface area contributed by atoms with Crippen LogP contribution >= 0.6 is 0 Å². The molecule has 0 radical (unpaired) electrons.